The van der Waals surface area contributed by atoms with Gasteiger partial charge in [0, 0.05) is 12.1 Å². The van der Waals surface area contributed by atoms with Crippen molar-refractivity contribution in [2.75, 3.05) is 9.96 Å². The molecule has 0 unspecified atom stereocenters. The fraction of sp³-hybridized carbons (Fsp3) is 0.100. The highest BCUT2D eigenvalue weighted by Crippen LogP contribution is 2.48. The van der Waals surface area contributed by atoms with Crippen molar-refractivity contribution in [2.45, 2.75) is 12.1 Å². The van der Waals surface area contributed by atoms with Crippen LogP contribution in [0.4, 0.5) is 21.5 Å². The minimum atomic E-state index is -1.23. The first-order valence-electron chi connectivity index (χ1n) is 12.5. The number of nitro benzene ring substituents is 1. The molecule has 3 atom stereocenters. The normalized spacial score (nSPS) is 19.8. The number of halogens is 1. The molecule has 0 aromatic heterocycles. The second kappa shape index (κ2) is 10.3. The fourth-order valence-corrected chi connectivity index (χ4v) is 5.04. The molecule has 4 aromatic rings. The number of fused-ring (bicyclic) bond motifs is 1. The van der Waals surface area contributed by atoms with Gasteiger partial charge in [-0.15, -0.1) is 0 Å². The SMILES string of the molecule is O=C(Oc1ccc([C@@H]2[C@@H]3C(=O)N(c4ccc(F)cc4)C(=O)[C@H]3ON2c2cccc([N+](=O)[O-])c2)cc1)c1ccccc1. The number of hydrogen-bond acceptors (Lipinski definition) is 8. The van der Waals surface area contributed by atoms with Crippen LogP contribution in [-0.4, -0.2) is 28.8 Å². The van der Waals surface area contributed by atoms with Gasteiger partial charge in [0.1, 0.15) is 17.5 Å². The van der Waals surface area contributed by atoms with Crippen molar-refractivity contribution < 1.29 is 33.3 Å². The standard InChI is InChI=1S/C30H20FN3O7/c31-20-11-13-21(14-12-20)32-28(35)25-26(18-9-15-24(16-10-18)40-30(37)19-5-2-1-3-6-19)33(41-27(25)29(32)36)22-7-4-8-23(17-22)34(38)39/h1-17,25-27H/t25-,26+,27-/m0/s1. The van der Waals surface area contributed by atoms with Gasteiger partial charge in [0.25, 0.3) is 11.6 Å². The van der Waals surface area contributed by atoms with Crippen LogP contribution in [0.15, 0.2) is 103 Å². The second-order valence-electron chi connectivity index (χ2n) is 9.41. The summed E-state index contributed by atoms with van der Waals surface area (Å²) in [5.74, 6) is -3.05. The van der Waals surface area contributed by atoms with Gasteiger partial charge in [-0.3, -0.25) is 24.5 Å². The minimum Gasteiger partial charge on any atom is -0.423 e. The highest BCUT2D eigenvalue weighted by Gasteiger charge is 2.60. The van der Waals surface area contributed by atoms with Crippen LogP contribution in [0.2, 0.25) is 0 Å². The molecule has 0 N–H and O–H groups in total. The lowest BCUT2D eigenvalue weighted by atomic mass is 9.90. The number of non-ortho nitro benzene ring substituents is 1. The number of esters is 1. The molecule has 11 heteroatoms. The Bertz CT molecular complexity index is 1660. The first kappa shape index (κ1) is 25.8. The molecule has 10 nitrogen and oxygen atoms in total. The molecule has 2 heterocycles. The van der Waals surface area contributed by atoms with Gasteiger partial charge in [-0.2, -0.15) is 0 Å². The summed E-state index contributed by atoms with van der Waals surface area (Å²) in [6.45, 7) is 0. The van der Waals surface area contributed by atoms with Crippen LogP contribution < -0.4 is 14.7 Å². The van der Waals surface area contributed by atoms with Crippen molar-refractivity contribution >= 4 is 34.8 Å². The van der Waals surface area contributed by atoms with Crippen LogP contribution >= 0.6 is 0 Å². The van der Waals surface area contributed by atoms with E-state index in [1.54, 1.807) is 60.7 Å². The van der Waals surface area contributed by atoms with Crippen LogP contribution in [0, 0.1) is 21.8 Å². The zero-order valence-electron chi connectivity index (χ0n) is 21.1. The van der Waals surface area contributed by atoms with Gasteiger partial charge in [-0.05, 0) is 60.2 Å². The van der Waals surface area contributed by atoms with Crippen molar-refractivity contribution in [3.8, 4) is 5.75 Å². The predicted octanol–water partition coefficient (Wildman–Crippen LogP) is 5.00. The maximum atomic E-state index is 13.7. The summed E-state index contributed by atoms with van der Waals surface area (Å²) < 4.78 is 19.0. The second-order valence-corrected chi connectivity index (χ2v) is 9.41. The van der Waals surface area contributed by atoms with Crippen molar-refractivity contribution in [3.05, 3.63) is 130 Å². The zero-order chi connectivity index (χ0) is 28.7. The van der Waals surface area contributed by atoms with E-state index in [1.165, 1.54) is 35.4 Å². The Morgan fingerprint density at radius 2 is 1.56 bits per heavy atom. The van der Waals surface area contributed by atoms with E-state index < -0.39 is 46.6 Å². The first-order chi connectivity index (χ1) is 19.8. The number of carbonyl (C=O) groups is 3. The summed E-state index contributed by atoms with van der Waals surface area (Å²) in [7, 11) is 0. The van der Waals surface area contributed by atoms with E-state index in [0.717, 1.165) is 17.0 Å². The Morgan fingerprint density at radius 1 is 0.854 bits per heavy atom. The van der Waals surface area contributed by atoms with Crippen molar-refractivity contribution in [1.29, 1.82) is 0 Å². The largest absolute Gasteiger partial charge is 0.423 e. The molecular formula is C30H20FN3O7. The number of hydroxylamine groups is 1. The number of ether oxygens (including phenoxy) is 1. The monoisotopic (exact) mass is 553 g/mol. The number of anilines is 2. The van der Waals surface area contributed by atoms with Crippen LogP contribution in [0.5, 0.6) is 5.75 Å². The summed E-state index contributed by atoms with van der Waals surface area (Å²) in [5.41, 5.74) is 1.17. The van der Waals surface area contributed by atoms with E-state index in [-0.39, 0.29) is 22.8 Å². The molecule has 0 aliphatic carbocycles. The summed E-state index contributed by atoms with van der Waals surface area (Å²) in [4.78, 5) is 57.5. The van der Waals surface area contributed by atoms with E-state index in [1.807, 2.05) is 0 Å². The average molecular weight is 554 g/mol. The zero-order valence-corrected chi connectivity index (χ0v) is 21.1. The topological polar surface area (TPSA) is 119 Å². The maximum Gasteiger partial charge on any atom is 0.343 e. The molecule has 2 aliphatic rings. The molecule has 0 spiro atoms. The van der Waals surface area contributed by atoms with Crippen LogP contribution in [-0.2, 0) is 14.4 Å². The summed E-state index contributed by atoms with van der Waals surface area (Å²) >= 11 is 0. The molecule has 2 saturated heterocycles. The molecule has 2 amide bonds. The smallest absolute Gasteiger partial charge is 0.343 e. The molecule has 0 radical (unpaired) electrons. The third-order valence-corrected chi connectivity index (χ3v) is 6.94. The van der Waals surface area contributed by atoms with E-state index in [0.29, 0.717) is 11.1 Å². The molecule has 0 bridgehead atoms. The van der Waals surface area contributed by atoms with Gasteiger partial charge < -0.3 is 4.74 Å². The van der Waals surface area contributed by atoms with Crippen molar-refractivity contribution in [2.24, 2.45) is 5.92 Å². The van der Waals surface area contributed by atoms with E-state index in [2.05, 4.69) is 0 Å². The summed E-state index contributed by atoms with van der Waals surface area (Å²) in [5, 5.41) is 12.8. The molecule has 0 saturated carbocycles. The first-order valence-corrected chi connectivity index (χ1v) is 12.5. The summed E-state index contributed by atoms with van der Waals surface area (Å²) in [6.07, 6.45) is -1.23. The molecular weight excluding hydrogens is 533 g/mol. The number of nitro groups is 1. The average Bonchev–Trinajstić information content (AvgIpc) is 3.50. The number of nitrogens with zero attached hydrogens (tertiary/aromatic N) is 3. The number of hydrogen-bond donors (Lipinski definition) is 0. The predicted molar refractivity (Wildman–Crippen MR) is 143 cm³/mol. The Balaban J connectivity index is 1.35. The third kappa shape index (κ3) is 4.68. The molecule has 204 valence electrons. The Hall–Kier alpha value is -5.42. The van der Waals surface area contributed by atoms with Gasteiger partial charge in [0.15, 0.2) is 6.10 Å². The highest BCUT2D eigenvalue weighted by atomic mass is 19.1. The van der Waals surface area contributed by atoms with Gasteiger partial charge in [-0.25, -0.2) is 19.1 Å². The van der Waals surface area contributed by atoms with E-state index >= 15 is 0 Å². The summed E-state index contributed by atoms with van der Waals surface area (Å²) in [6, 6.07) is 24.6. The maximum absolute atomic E-state index is 13.7. The fourth-order valence-electron chi connectivity index (χ4n) is 5.04. The number of rotatable bonds is 6. The molecule has 41 heavy (non-hydrogen) atoms. The molecule has 2 aliphatic heterocycles. The third-order valence-electron chi connectivity index (χ3n) is 6.94. The molecule has 6 rings (SSSR count). The Morgan fingerprint density at radius 3 is 2.24 bits per heavy atom. The van der Waals surface area contributed by atoms with E-state index in [9.17, 15) is 28.9 Å². The van der Waals surface area contributed by atoms with Crippen LogP contribution in [0.1, 0.15) is 22.0 Å². The lowest BCUT2D eigenvalue weighted by Gasteiger charge is -2.28. The van der Waals surface area contributed by atoms with Crippen molar-refractivity contribution in [3.63, 3.8) is 0 Å². The van der Waals surface area contributed by atoms with Gasteiger partial charge >= 0.3 is 5.97 Å². The lowest BCUT2D eigenvalue weighted by Crippen LogP contribution is -2.37. The van der Waals surface area contributed by atoms with Gasteiger partial charge in [0.05, 0.1) is 27.9 Å². The van der Waals surface area contributed by atoms with Crippen molar-refractivity contribution in [1.82, 2.24) is 0 Å². The Labute approximate surface area is 232 Å². The number of benzene rings is 4. The van der Waals surface area contributed by atoms with Crippen LogP contribution in [0.3, 0.4) is 0 Å². The van der Waals surface area contributed by atoms with Gasteiger partial charge in [-0.1, -0.05) is 36.4 Å². The molecule has 4 aromatic carbocycles. The van der Waals surface area contributed by atoms with E-state index in [4.69, 9.17) is 9.57 Å². The number of carbonyl (C=O) groups excluding carboxylic acids is 3. The highest BCUT2D eigenvalue weighted by molar-refractivity contribution is 6.23. The Kier molecular flexibility index (Phi) is 6.48. The number of imide groups is 1. The minimum absolute atomic E-state index is 0.197. The molecule has 2 fully saturated rings. The van der Waals surface area contributed by atoms with Gasteiger partial charge in [0.2, 0.25) is 5.91 Å². The van der Waals surface area contributed by atoms with Crippen LogP contribution in [0.25, 0.3) is 0 Å². The quantitative estimate of drug-likeness (QED) is 0.108. The number of amides is 2. The lowest BCUT2D eigenvalue weighted by molar-refractivity contribution is -0.384.